The first kappa shape index (κ1) is 13.6. The minimum atomic E-state index is -0.548. The standard InChI is InChI=1S/C13H12N4O3/c14-8-10-7-9(5-6-15-10)13(18)16-11-3-1-2-4-12(11)17(19)20/h1-7H,8,14H2,(H,16,18). The first-order valence-electron chi connectivity index (χ1n) is 5.81. The van der Waals surface area contributed by atoms with Crippen LogP contribution in [0.2, 0.25) is 0 Å². The number of nitrogens with two attached hydrogens (primary N) is 1. The maximum Gasteiger partial charge on any atom is 0.292 e. The van der Waals surface area contributed by atoms with E-state index in [1.54, 1.807) is 12.1 Å². The van der Waals surface area contributed by atoms with E-state index >= 15 is 0 Å². The Morgan fingerprint density at radius 3 is 2.80 bits per heavy atom. The van der Waals surface area contributed by atoms with Crippen LogP contribution >= 0.6 is 0 Å². The number of nitro groups is 1. The summed E-state index contributed by atoms with van der Waals surface area (Å²) in [4.78, 5) is 26.4. The van der Waals surface area contributed by atoms with Gasteiger partial charge in [0.15, 0.2) is 0 Å². The van der Waals surface area contributed by atoms with Gasteiger partial charge in [-0.25, -0.2) is 0 Å². The maximum absolute atomic E-state index is 12.1. The summed E-state index contributed by atoms with van der Waals surface area (Å²) in [5, 5.41) is 13.4. The van der Waals surface area contributed by atoms with Crippen LogP contribution in [0.15, 0.2) is 42.6 Å². The third-order valence-electron chi connectivity index (χ3n) is 2.64. The topological polar surface area (TPSA) is 111 Å². The molecule has 0 radical (unpaired) electrons. The lowest BCUT2D eigenvalue weighted by Gasteiger charge is -2.06. The number of nitrogens with one attached hydrogen (secondary N) is 1. The van der Waals surface area contributed by atoms with E-state index < -0.39 is 10.8 Å². The van der Waals surface area contributed by atoms with Crippen LogP contribution in [0.3, 0.4) is 0 Å². The number of benzene rings is 1. The SMILES string of the molecule is NCc1cc(C(=O)Nc2ccccc2[N+](=O)[O-])ccn1. The molecule has 0 saturated carbocycles. The van der Waals surface area contributed by atoms with Crippen molar-refractivity contribution in [1.82, 2.24) is 4.98 Å². The molecular weight excluding hydrogens is 260 g/mol. The lowest BCUT2D eigenvalue weighted by atomic mass is 10.2. The number of nitro benzene ring substituents is 1. The van der Waals surface area contributed by atoms with Crippen LogP contribution in [0.25, 0.3) is 0 Å². The Bertz CT molecular complexity index is 658. The van der Waals surface area contributed by atoms with E-state index in [9.17, 15) is 14.9 Å². The van der Waals surface area contributed by atoms with Crippen LogP contribution < -0.4 is 11.1 Å². The van der Waals surface area contributed by atoms with Gasteiger partial charge < -0.3 is 11.1 Å². The van der Waals surface area contributed by atoms with Crippen LogP contribution in [-0.2, 0) is 6.54 Å². The normalized spacial score (nSPS) is 10.1. The molecule has 1 amide bonds. The first-order valence-corrected chi connectivity index (χ1v) is 5.81. The highest BCUT2D eigenvalue weighted by atomic mass is 16.6. The molecule has 0 atom stereocenters. The molecule has 102 valence electrons. The second kappa shape index (κ2) is 5.89. The molecule has 7 heteroatoms. The Morgan fingerprint density at radius 2 is 2.10 bits per heavy atom. The highest BCUT2D eigenvalue weighted by Gasteiger charge is 2.15. The van der Waals surface area contributed by atoms with Crippen molar-refractivity contribution in [1.29, 1.82) is 0 Å². The van der Waals surface area contributed by atoms with Gasteiger partial charge in [-0.3, -0.25) is 19.9 Å². The Kier molecular flexibility index (Phi) is 4.02. The zero-order valence-corrected chi connectivity index (χ0v) is 10.4. The minimum Gasteiger partial charge on any atom is -0.325 e. The van der Waals surface area contributed by atoms with Crippen molar-refractivity contribution in [3.8, 4) is 0 Å². The van der Waals surface area contributed by atoms with E-state index in [-0.39, 0.29) is 17.9 Å². The molecule has 20 heavy (non-hydrogen) atoms. The fourth-order valence-electron chi connectivity index (χ4n) is 1.66. The summed E-state index contributed by atoms with van der Waals surface area (Å²) in [7, 11) is 0. The minimum absolute atomic E-state index is 0.147. The average Bonchev–Trinajstić information content (AvgIpc) is 2.47. The number of hydrogen-bond donors (Lipinski definition) is 2. The van der Waals surface area contributed by atoms with Crippen molar-refractivity contribution in [2.24, 2.45) is 5.73 Å². The van der Waals surface area contributed by atoms with Crippen molar-refractivity contribution < 1.29 is 9.72 Å². The van der Waals surface area contributed by atoms with E-state index in [4.69, 9.17) is 5.73 Å². The number of hydrogen-bond acceptors (Lipinski definition) is 5. The predicted molar refractivity (Wildman–Crippen MR) is 73.2 cm³/mol. The Balaban J connectivity index is 2.25. The molecule has 0 spiro atoms. The van der Waals surface area contributed by atoms with Crippen molar-refractivity contribution in [2.45, 2.75) is 6.54 Å². The molecule has 0 aliphatic rings. The van der Waals surface area contributed by atoms with Crippen LogP contribution in [0.4, 0.5) is 11.4 Å². The number of carbonyl (C=O) groups is 1. The predicted octanol–water partition coefficient (Wildman–Crippen LogP) is 1.70. The van der Waals surface area contributed by atoms with Gasteiger partial charge in [0.1, 0.15) is 5.69 Å². The van der Waals surface area contributed by atoms with Crippen molar-refractivity contribution in [3.63, 3.8) is 0 Å². The Hall–Kier alpha value is -2.80. The zero-order chi connectivity index (χ0) is 14.5. The lowest BCUT2D eigenvalue weighted by Crippen LogP contribution is -2.14. The fourth-order valence-corrected chi connectivity index (χ4v) is 1.66. The van der Waals surface area contributed by atoms with E-state index in [1.807, 2.05) is 0 Å². The number of rotatable bonds is 4. The smallest absolute Gasteiger partial charge is 0.292 e. The summed E-state index contributed by atoms with van der Waals surface area (Å²) < 4.78 is 0. The monoisotopic (exact) mass is 272 g/mol. The second-order valence-corrected chi connectivity index (χ2v) is 3.97. The van der Waals surface area contributed by atoms with Gasteiger partial charge in [-0.2, -0.15) is 0 Å². The number of carbonyl (C=O) groups excluding carboxylic acids is 1. The summed E-state index contributed by atoms with van der Waals surface area (Å²) in [6, 6.07) is 9.01. The molecule has 0 saturated heterocycles. The molecule has 1 aromatic heterocycles. The van der Waals surface area contributed by atoms with Gasteiger partial charge in [-0.05, 0) is 18.2 Å². The molecule has 0 bridgehead atoms. The summed E-state index contributed by atoms with van der Waals surface area (Å²) >= 11 is 0. The zero-order valence-electron chi connectivity index (χ0n) is 10.4. The largest absolute Gasteiger partial charge is 0.325 e. The molecule has 7 nitrogen and oxygen atoms in total. The van der Waals surface area contributed by atoms with Crippen molar-refractivity contribution in [2.75, 3.05) is 5.32 Å². The Morgan fingerprint density at radius 1 is 1.35 bits per heavy atom. The van der Waals surface area contributed by atoms with E-state index in [2.05, 4.69) is 10.3 Å². The fraction of sp³-hybridized carbons (Fsp3) is 0.0769. The molecule has 2 rings (SSSR count). The molecule has 0 fully saturated rings. The van der Waals surface area contributed by atoms with Gasteiger partial charge in [0, 0.05) is 24.4 Å². The summed E-state index contributed by atoms with van der Waals surface area (Å²) in [6.45, 7) is 0.215. The second-order valence-electron chi connectivity index (χ2n) is 3.97. The number of nitrogens with zero attached hydrogens (tertiary/aromatic N) is 2. The molecule has 0 aliphatic heterocycles. The number of aromatic nitrogens is 1. The van der Waals surface area contributed by atoms with Gasteiger partial charge in [0.2, 0.25) is 0 Å². The molecule has 2 aromatic rings. The molecule has 1 aromatic carbocycles. The van der Waals surface area contributed by atoms with Crippen LogP contribution in [0.1, 0.15) is 16.1 Å². The molecule has 0 aliphatic carbocycles. The van der Waals surface area contributed by atoms with E-state index in [0.717, 1.165) is 0 Å². The quantitative estimate of drug-likeness (QED) is 0.650. The average molecular weight is 272 g/mol. The molecule has 1 heterocycles. The maximum atomic E-state index is 12.1. The summed E-state index contributed by atoms with van der Waals surface area (Å²) in [5.74, 6) is -0.448. The Labute approximate surface area is 114 Å². The van der Waals surface area contributed by atoms with Gasteiger partial charge in [0.05, 0.1) is 10.6 Å². The van der Waals surface area contributed by atoms with Gasteiger partial charge >= 0.3 is 0 Å². The van der Waals surface area contributed by atoms with Crippen LogP contribution in [0.5, 0.6) is 0 Å². The van der Waals surface area contributed by atoms with Gasteiger partial charge in [-0.15, -0.1) is 0 Å². The highest BCUT2D eigenvalue weighted by Crippen LogP contribution is 2.23. The van der Waals surface area contributed by atoms with Gasteiger partial charge in [0.25, 0.3) is 11.6 Å². The lowest BCUT2D eigenvalue weighted by molar-refractivity contribution is -0.383. The molecular formula is C13H12N4O3. The number of pyridine rings is 1. The summed E-state index contributed by atoms with van der Waals surface area (Å²) in [5.41, 5.74) is 6.36. The number of para-hydroxylation sites is 2. The van der Waals surface area contributed by atoms with Crippen molar-refractivity contribution in [3.05, 3.63) is 64.0 Å². The van der Waals surface area contributed by atoms with E-state index in [1.165, 1.54) is 30.5 Å². The third-order valence-corrected chi connectivity index (χ3v) is 2.64. The first-order chi connectivity index (χ1) is 9.61. The van der Waals surface area contributed by atoms with E-state index in [0.29, 0.717) is 11.3 Å². The molecule has 0 unspecified atom stereocenters. The third kappa shape index (κ3) is 2.96. The van der Waals surface area contributed by atoms with Crippen LogP contribution in [-0.4, -0.2) is 15.8 Å². The van der Waals surface area contributed by atoms with Gasteiger partial charge in [-0.1, -0.05) is 12.1 Å². The number of anilines is 1. The highest BCUT2D eigenvalue weighted by molar-refractivity contribution is 6.05. The van der Waals surface area contributed by atoms with Crippen LogP contribution in [0, 0.1) is 10.1 Å². The summed E-state index contributed by atoms with van der Waals surface area (Å²) in [6.07, 6.45) is 1.47. The molecule has 3 N–H and O–H groups in total. The number of amides is 1. The van der Waals surface area contributed by atoms with Crippen molar-refractivity contribution >= 4 is 17.3 Å².